The summed E-state index contributed by atoms with van der Waals surface area (Å²) < 4.78 is 44.7. The zero-order chi connectivity index (χ0) is 20.3. The van der Waals surface area contributed by atoms with Gasteiger partial charge in [-0.2, -0.15) is 13.2 Å². The molecule has 0 aliphatic carbocycles. The number of esters is 1. The minimum atomic E-state index is -4.50. The van der Waals surface area contributed by atoms with Gasteiger partial charge in [-0.05, 0) is 42.4 Å². The molecule has 1 aliphatic rings. The van der Waals surface area contributed by atoms with E-state index in [-0.39, 0.29) is 22.9 Å². The van der Waals surface area contributed by atoms with Gasteiger partial charge >= 0.3 is 12.1 Å². The van der Waals surface area contributed by atoms with Gasteiger partial charge < -0.3 is 15.4 Å². The van der Waals surface area contributed by atoms with Gasteiger partial charge in [0.25, 0.3) is 0 Å². The number of nitrogens with one attached hydrogen (secondary N) is 2. The molecule has 0 saturated carbocycles. The lowest BCUT2D eigenvalue weighted by Gasteiger charge is -2.31. The Morgan fingerprint density at radius 1 is 1.14 bits per heavy atom. The van der Waals surface area contributed by atoms with Gasteiger partial charge in [-0.3, -0.25) is 0 Å². The Morgan fingerprint density at radius 3 is 2.50 bits per heavy atom. The SMILES string of the molecule is CCOC(=O)C1=C(c2ccccc2)NC(=S)N[C@@H]1c1cccc(C(F)(F)F)c1. The van der Waals surface area contributed by atoms with Crippen LogP contribution in [0.25, 0.3) is 5.70 Å². The molecule has 0 spiro atoms. The number of thiocarbonyl (C=S) groups is 1. The Kier molecular flexibility index (Phi) is 5.69. The second-order valence-electron chi connectivity index (χ2n) is 6.03. The molecule has 4 nitrogen and oxygen atoms in total. The zero-order valence-electron chi connectivity index (χ0n) is 14.8. The molecule has 1 atom stereocenters. The minimum absolute atomic E-state index is 0.129. The topological polar surface area (TPSA) is 50.4 Å². The van der Waals surface area contributed by atoms with E-state index in [1.165, 1.54) is 12.1 Å². The molecule has 2 aromatic carbocycles. The van der Waals surface area contributed by atoms with Crippen molar-refractivity contribution in [1.82, 2.24) is 10.6 Å². The van der Waals surface area contributed by atoms with Gasteiger partial charge in [0.15, 0.2) is 5.11 Å². The Bertz CT molecular complexity index is 927. The van der Waals surface area contributed by atoms with Gasteiger partial charge in [-0.15, -0.1) is 0 Å². The number of halogens is 3. The summed E-state index contributed by atoms with van der Waals surface area (Å²) in [6, 6.07) is 12.9. The van der Waals surface area contributed by atoms with Crippen LogP contribution in [0.5, 0.6) is 0 Å². The summed E-state index contributed by atoms with van der Waals surface area (Å²) in [6.07, 6.45) is -4.50. The smallest absolute Gasteiger partial charge is 0.416 e. The quantitative estimate of drug-likeness (QED) is 0.589. The molecule has 0 aromatic heterocycles. The number of benzene rings is 2. The molecule has 1 aliphatic heterocycles. The average molecular weight is 406 g/mol. The number of carbonyl (C=O) groups excluding carboxylic acids is 1. The lowest BCUT2D eigenvalue weighted by atomic mass is 9.92. The van der Waals surface area contributed by atoms with E-state index in [4.69, 9.17) is 17.0 Å². The molecule has 3 rings (SSSR count). The highest BCUT2D eigenvalue weighted by Gasteiger charge is 2.35. The van der Waals surface area contributed by atoms with Gasteiger partial charge in [-0.1, -0.05) is 42.5 Å². The first-order valence-electron chi connectivity index (χ1n) is 8.52. The summed E-state index contributed by atoms with van der Waals surface area (Å²) in [5, 5.41) is 6.04. The van der Waals surface area contributed by atoms with E-state index in [0.29, 0.717) is 11.3 Å². The number of hydrogen-bond acceptors (Lipinski definition) is 3. The average Bonchev–Trinajstić information content (AvgIpc) is 2.67. The van der Waals surface area contributed by atoms with E-state index in [1.54, 1.807) is 31.2 Å². The second-order valence-corrected chi connectivity index (χ2v) is 6.44. The van der Waals surface area contributed by atoms with Gasteiger partial charge in [0, 0.05) is 0 Å². The highest BCUT2D eigenvalue weighted by Crippen LogP contribution is 2.35. The molecule has 0 saturated heterocycles. The van der Waals surface area contributed by atoms with Crippen LogP contribution in [0, 0.1) is 0 Å². The third kappa shape index (κ3) is 4.17. The lowest BCUT2D eigenvalue weighted by Crippen LogP contribution is -2.45. The largest absolute Gasteiger partial charge is 0.463 e. The van der Waals surface area contributed by atoms with Crippen LogP contribution < -0.4 is 10.6 Å². The second kappa shape index (κ2) is 8.02. The number of alkyl halides is 3. The molecule has 1 heterocycles. The molecule has 28 heavy (non-hydrogen) atoms. The number of ether oxygens (including phenoxy) is 1. The molecule has 2 aromatic rings. The highest BCUT2D eigenvalue weighted by molar-refractivity contribution is 7.80. The third-order valence-electron chi connectivity index (χ3n) is 4.18. The summed E-state index contributed by atoms with van der Waals surface area (Å²) in [4.78, 5) is 12.7. The van der Waals surface area contributed by atoms with Crippen molar-refractivity contribution in [1.29, 1.82) is 0 Å². The van der Waals surface area contributed by atoms with Crippen molar-refractivity contribution in [3.8, 4) is 0 Å². The Labute approximate surface area is 165 Å². The van der Waals surface area contributed by atoms with Gasteiger partial charge in [-0.25, -0.2) is 4.79 Å². The normalized spacial score (nSPS) is 17.0. The van der Waals surface area contributed by atoms with E-state index in [1.807, 2.05) is 6.07 Å². The zero-order valence-corrected chi connectivity index (χ0v) is 15.7. The molecular formula is C20H17F3N2O2S. The standard InChI is InChI=1S/C20H17F3N2O2S/c1-2-27-18(26)15-16(12-7-4-3-5-8-12)24-19(28)25-17(15)13-9-6-10-14(11-13)20(21,22)23/h3-11,17H,2H2,1H3,(H2,24,25,28)/t17-/m1/s1. The Balaban J connectivity index is 2.18. The van der Waals surface area contributed by atoms with Crippen molar-refractivity contribution in [3.05, 3.63) is 76.9 Å². The summed E-state index contributed by atoms with van der Waals surface area (Å²) in [7, 11) is 0. The number of carbonyl (C=O) groups is 1. The van der Waals surface area contributed by atoms with Crippen molar-refractivity contribution in [2.75, 3.05) is 6.61 Å². The fraction of sp³-hybridized carbons (Fsp3) is 0.200. The first kappa shape index (κ1) is 19.9. The van der Waals surface area contributed by atoms with Crippen LogP contribution in [0.4, 0.5) is 13.2 Å². The van der Waals surface area contributed by atoms with Crippen LogP contribution >= 0.6 is 12.2 Å². The van der Waals surface area contributed by atoms with Crippen molar-refractivity contribution in [2.24, 2.45) is 0 Å². The van der Waals surface area contributed by atoms with Crippen LogP contribution in [0.3, 0.4) is 0 Å². The fourth-order valence-electron chi connectivity index (χ4n) is 2.97. The molecule has 8 heteroatoms. The monoisotopic (exact) mass is 406 g/mol. The van der Waals surface area contributed by atoms with Crippen LogP contribution in [0.15, 0.2) is 60.2 Å². The maximum Gasteiger partial charge on any atom is 0.416 e. The molecule has 0 unspecified atom stereocenters. The van der Waals surface area contributed by atoms with E-state index in [0.717, 1.165) is 12.1 Å². The minimum Gasteiger partial charge on any atom is -0.463 e. The molecule has 0 radical (unpaired) electrons. The predicted octanol–water partition coefficient (Wildman–Crippen LogP) is 4.20. The van der Waals surface area contributed by atoms with Crippen LogP contribution in [0.1, 0.15) is 29.7 Å². The number of hydrogen-bond donors (Lipinski definition) is 2. The Morgan fingerprint density at radius 2 is 1.86 bits per heavy atom. The van der Waals surface area contributed by atoms with E-state index < -0.39 is 23.8 Å². The van der Waals surface area contributed by atoms with Crippen molar-refractivity contribution in [3.63, 3.8) is 0 Å². The van der Waals surface area contributed by atoms with Gasteiger partial charge in [0.05, 0.1) is 29.5 Å². The molecule has 146 valence electrons. The van der Waals surface area contributed by atoms with Crippen molar-refractivity contribution in [2.45, 2.75) is 19.1 Å². The summed E-state index contributed by atoms with van der Waals surface area (Å²) in [6.45, 7) is 1.79. The van der Waals surface area contributed by atoms with Crippen molar-refractivity contribution >= 4 is 29.0 Å². The van der Waals surface area contributed by atoms with Crippen LogP contribution in [0.2, 0.25) is 0 Å². The summed E-state index contributed by atoms with van der Waals surface area (Å²) >= 11 is 5.24. The maximum absolute atomic E-state index is 13.2. The molecule has 2 N–H and O–H groups in total. The third-order valence-corrected chi connectivity index (χ3v) is 4.40. The number of rotatable bonds is 4. The van der Waals surface area contributed by atoms with Crippen LogP contribution in [-0.2, 0) is 15.7 Å². The molecule has 0 amide bonds. The molecule has 0 fully saturated rings. The maximum atomic E-state index is 13.2. The highest BCUT2D eigenvalue weighted by atomic mass is 32.1. The first-order valence-corrected chi connectivity index (χ1v) is 8.93. The molecular weight excluding hydrogens is 389 g/mol. The Hall–Kier alpha value is -2.87. The van der Waals surface area contributed by atoms with E-state index in [9.17, 15) is 18.0 Å². The van der Waals surface area contributed by atoms with Crippen LogP contribution in [-0.4, -0.2) is 17.7 Å². The van der Waals surface area contributed by atoms with E-state index in [2.05, 4.69) is 10.6 Å². The molecule has 0 bridgehead atoms. The summed E-state index contributed by atoms with van der Waals surface area (Å²) in [5.74, 6) is -0.633. The lowest BCUT2D eigenvalue weighted by molar-refractivity contribution is -0.139. The van der Waals surface area contributed by atoms with Gasteiger partial charge in [0.2, 0.25) is 0 Å². The first-order chi connectivity index (χ1) is 13.3. The summed E-state index contributed by atoms with van der Waals surface area (Å²) in [5.41, 5.74) is 0.702. The van der Waals surface area contributed by atoms with E-state index >= 15 is 0 Å². The predicted molar refractivity (Wildman–Crippen MR) is 103 cm³/mol. The van der Waals surface area contributed by atoms with Crippen molar-refractivity contribution < 1.29 is 22.7 Å². The van der Waals surface area contributed by atoms with Gasteiger partial charge in [0.1, 0.15) is 0 Å². The fourth-order valence-corrected chi connectivity index (χ4v) is 3.19.